The highest BCUT2D eigenvalue weighted by molar-refractivity contribution is 9.10. The third kappa shape index (κ3) is 6.75. The summed E-state index contributed by atoms with van der Waals surface area (Å²) in [5, 5.41) is 7.78. The Morgan fingerprint density at radius 2 is 1.79 bits per heavy atom. The van der Waals surface area contributed by atoms with E-state index in [0.29, 0.717) is 43.9 Å². The van der Waals surface area contributed by atoms with Crippen molar-refractivity contribution in [3.63, 3.8) is 0 Å². The molecule has 0 aliphatic heterocycles. The van der Waals surface area contributed by atoms with E-state index in [9.17, 15) is 9.59 Å². The van der Waals surface area contributed by atoms with Crippen LogP contribution in [-0.4, -0.2) is 35.5 Å². The van der Waals surface area contributed by atoms with Gasteiger partial charge in [-0.2, -0.15) is 9.78 Å². The number of amides is 1. The number of nitrogens with zero attached hydrogens (tertiary/aromatic N) is 3. The quantitative estimate of drug-likeness (QED) is 0.231. The van der Waals surface area contributed by atoms with Crippen LogP contribution in [0, 0.1) is 6.92 Å². The molecule has 0 aliphatic rings. The fraction of sp³-hybridized carbons (Fsp3) is 0.241. The molecule has 4 rings (SSSR count). The molecule has 0 spiro atoms. The monoisotopic (exact) mass is 654 g/mol. The Hall–Kier alpha value is -3.50. The van der Waals surface area contributed by atoms with E-state index in [1.54, 1.807) is 24.4 Å². The van der Waals surface area contributed by atoms with Crippen LogP contribution >= 0.6 is 31.9 Å². The van der Waals surface area contributed by atoms with Gasteiger partial charge in [-0.3, -0.25) is 9.59 Å². The van der Waals surface area contributed by atoms with Crippen LogP contribution in [0.3, 0.4) is 0 Å². The highest BCUT2D eigenvalue weighted by atomic mass is 79.9. The van der Waals surface area contributed by atoms with Crippen LogP contribution in [-0.2, 0) is 10.2 Å². The molecule has 0 fully saturated rings. The number of carbonyl (C=O) groups is 1. The van der Waals surface area contributed by atoms with Crippen molar-refractivity contribution in [3.05, 3.63) is 90.8 Å². The number of benzene rings is 3. The van der Waals surface area contributed by atoms with Gasteiger partial charge in [0.2, 0.25) is 0 Å². The number of methoxy groups -OCH3 is 1. The standard InChI is InChI=1S/C29H28Br2N4O4/c1-17-6-9-20(10-7-17)33-26(36)16-39-25-14-22(31)18(12-24(25)38-5)15-32-35-27(37)21-13-19(30)8-11-23(21)34-28(35)29(2,3)4/h6-15H,16H2,1-5H3,(H,33,36). The summed E-state index contributed by atoms with van der Waals surface area (Å²) in [6.45, 7) is 7.71. The maximum atomic E-state index is 13.4. The van der Waals surface area contributed by atoms with Crippen molar-refractivity contribution >= 4 is 60.6 Å². The first-order valence-electron chi connectivity index (χ1n) is 12.1. The molecule has 0 atom stereocenters. The van der Waals surface area contributed by atoms with Gasteiger partial charge in [-0.25, -0.2) is 4.98 Å². The molecule has 1 aromatic heterocycles. The van der Waals surface area contributed by atoms with Gasteiger partial charge in [0.25, 0.3) is 11.5 Å². The number of rotatable bonds is 7. The zero-order chi connectivity index (χ0) is 28.3. The number of fused-ring (bicyclic) bond motifs is 1. The minimum absolute atomic E-state index is 0.202. The van der Waals surface area contributed by atoms with Crippen molar-refractivity contribution in [1.82, 2.24) is 9.66 Å². The summed E-state index contributed by atoms with van der Waals surface area (Å²) in [6.07, 6.45) is 1.56. The van der Waals surface area contributed by atoms with E-state index >= 15 is 0 Å². The summed E-state index contributed by atoms with van der Waals surface area (Å²) in [5.41, 5.74) is 2.33. The zero-order valence-corrected chi connectivity index (χ0v) is 25.4. The largest absolute Gasteiger partial charge is 0.493 e. The van der Waals surface area contributed by atoms with Crippen molar-refractivity contribution in [2.45, 2.75) is 33.1 Å². The van der Waals surface area contributed by atoms with Crippen molar-refractivity contribution in [2.75, 3.05) is 19.0 Å². The van der Waals surface area contributed by atoms with Crippen molar-refractivity contribution in [3.8, 4) is 11.5 Å². The number of halogens is 2. The average Bonchev–Trinajstić information content (AvgIpc) is 2.88. The van der Waals surface area contributed by atoms with Crippen LogP contribution in [0.25, 0.3) is 10.9 Å². The molecule has 0 aliphatic carbocycles. The lowest BCUT2D eigenvalue weighted by atomic mass is 9.95. The Bertz CT molecular complexity index is 1620. The Balaban J connectivity index is 1.61. The first kappa shape index (κ1) is 28.5. The van der Waals surface area contributed by atoms with E-state index in [1.807, 2.05) is 64.1 Å². The van der Waals surface area contributed by atoms with Gasteiger partial charge >= 0.3 is 0 Å². The molecule has 39 heavy (non-hydrogen) atoms. The molecule has 202 valence electrons. The minimum atomic E-state index is -0.441. The molecule has 10 heteroatoms. The number of aryl methyl sites for hydroxylation is 1. The van der Waals surface area contributed by atoms with Crippen LogP contribution in [0.5, 0.6) is 11.5 Å². The maximum Gasteiger partial charge on any atom is 0.282 e. The molecule has 4 aromatic rings. The molecule has 1 amide bonds. The van der Waals surface area contributed by atoms with E-state index in [0.717, 1.165) is 10.0 Å². The Morgan fingerprint density at radius 3 is 2.46 bits per heavy atom. The Labute approximate surface area is 243 Å². The molecule has 1 N–H and O–H groups in total. The lowest BCUT2D eigenvalue weighted by Gasteiger charge is -2.21. The van der Waals surface area contributed by atoms with Crippen molar-refractivity contribution in [2.24, 2.45) is 5.10 Å². The first-order valence-corrected chi connectivity index (χ1v) is 13.7. The number of anilines is 1. The SMILES string of the molecule is COc1cc(C=Nn2c(C(C)(C)C)nc3ccc(Br)cc3c2=O)c(Br)cc1OCC(=O)Nc1ccc(C)cc1. The van der Waals surface area contributed by atoms with Gasteiger partial charge in [0.1, 0.15) is 5.82 Å². The van der Waals surface area contributed by atoms with Gasteiger partial charge in [-0.15, -0.1) is 0 Å². The smallest absolute Gasteiger partial charge is 0.282 e. The second kappa shape index (κ2) is 11.7. The van der Waals surface area contributed by atoms with E-state index < -0.39 is 5.41 Å². The molecule has 0 radical (unpaired) electrons. The lowest BCUT2D eigenvalue weighted by Crippen LogP contribution is -2.29. The van der Waals surface area contributed by atoms with Crippen LogP contribution in [0.4, 0.5) is 5.69 Å². The number of hydrogen-bond donors (Lipinski definition) is 1. The van der Waals surface area contributed by atoms with E-state index in [2.05, 4.69) is 42.3 Å². The fourth-order valence-corrected chi connectivity index (χ4v) is 4.55. The van der Waals surface area contributed by atoms with Crippen molar-refractivity contribution < 1.29 is 14.3 Å². The van der Waals surface area contributed by atoms with Crippen molar-refractivity contribution in [1.29, 1.82) is 0 Å². The van der Waals surface area contributed by atoms with Gasteiger partial charge in [-0.05, 0) is 65.3 Å². The molecule has 3 aromatic carbocycles. The number of aromatic nitrogens is 2. The predicted octanol–water partition coefficient (Wildman–Crippen LogP) is 6.44. The highest BCUT2D eigenvalue weighted by Gasteiger charge is 2.23. The first-order chi connectivity index (χ1) is 18.5. The maximum absolute atomic E-state index is 13.4. The summed E-state index contributed by atoms with van der Waals surface area (Å²) < 4.78 is 14.0. The summed E-state index contributed by atoms with van der Waals surface area (Å²) in [5.74, 6) is 1.02. The van der Waals surface area contributed by atoms with E-state index in [1.165, 1.54) is 11.8 Å². The Kier molecular flexibility index (Phi) is 8.56. The lowest BCUT2D eigenvalue weighted by molar-refractivity contribution is -0.118. The van der Waals surface area contributed by atoms with Crippen LogP contribution in [0.1, 0.15) is 37.7 Å². The second-order valence-electron chi connectivity index (χ2n) is 9.94. The molecule has 0 bridgehead atoms. The third-order valence-corrected chi connectivity index (χ3v) is 6.95. The van der Waals surface area contributed by atoms with Gasteiger partial charge in [0.05, 0.1) is 24.2 Å². The number of hydrogen-bond acceptors (Lipinski definition) is 6. The molecule has 0 saturated heterocycles. The highest BCUT2D eigenvalue weighted by Crippen LogP contribution is 2.33. The van der Waals surface area contributed by atoms with Gasteiger partial charge in [-0.1, -0.05) is 54.4 Å². The van der Waals surface area contributed by atoms with Crippen LogP contribution < -0.4 is 20.3 Å². The van der Waals surface area contributed by atoms with E-state index in [-0.39, 0.29) is 18.1 Å². The minimum Gasteiger partial charge on any atom is -0.493 e. The topological polar surface area (TPSA) is 94.8 Å². The molecule has 8 nitrogen and oxygen atoms in total. The third-order valence-electron chi connectivity index (χ3n) is 5.77. The van der Waals surface area contributed by atoms with E-state index in [4.69, 9.17) is 14.5 Å². The van der Waals surface area contributed by atoms with Gasteiger partial charge in [0, 0.05) is 25.6 Å². The normalized spacial score (nSPS) is 11.7. The molecular weight excluding hydrogens is 628 g/mol. The van der Waals surface area contributed by atoms with Crippen LogP contribution in [0.15, 0.2) is 73.4 Å². The number of carbonyl (C=O) groups excluding carboxylic acids is 1. The summed E-state index contributed by atoms with van der Waals surface area (Å²) >= 11 is 6.97. The molecule has 0 unspecified atom stereocenters. The summed E-state index contributed by atoms with van der Waals surface area (Å²) in [4.78, 5) is 30.6. The van der Waals surface area contributed by atoms with Gasteiger partial charge in [0.15, 0.2) is 18.1 Å². The average molecular weight is 656 g/mol. The fourth-order valence-electron chi connectivity index (χ4n) is 3.76. The second-order valence-corrected chi connectivity index (χ2v) is 11.7. The summed E-state index contributed by atoms with van der Waals surface area (Å²) in [7, 11) is 1.51. The predicted molar refractivity (Wildman–Crippen MR) is 161 cm³/mol. The number of ether oxygens (including phenoxy) is 2. The number of nitrogens with one attached hydrogen (secondary N) is 1. The molecule has 1 heterocycles. The summed E-state index contributed by atoms with van der Waals surface area (Å²) in [6, 6.07) is 16.3. The molecule has 0 saturated carbocycles. The Morgan fingerprint density at radius 1 is 1.08 bits per heavy atom. The zero-order valence-electron chi connectivity index (χ0n) is 22.2. The molecular formula is C29H28Br2N4O4. The van der Waals surface area contributed by atoms with Gasteiger partial charge < -0.3 is 14.8 Å². The van der Waals surface area contributed by atoms with Crippen LogP contribution in [0.2, 0.25) is 0 Å².